The molecule has 8 nitrogen and oxygen atoms in total. The number of hydrogen-bond acceptors (Lipinski definition) is 6. The number of rotatable bonds is 7. The fourth-order valence-electron chi connectivity index (χ4n) is 2.38. The second kappa shape index (κ2) is 7.32. The Morgan fingerprint density at radius 2 is 2.19 bits per heavy atom. The number of aromatic nitrogens is 2. The Balaban J connectivity index is 1.97. The number of morpholine rings is 1. The highest BCUT2D eigenvalue weighted by molar-refractivity contribution is 7.89. The molecule has 1 fully saturated rings. The average molecular weight is 317 g/mol. The van der Waals surface area contributed by atoms with Crippen LogP contribution >= 0.6 is 0 Å². The second-order valence-electron chi connectivity index (χ2n) is 5.19. The molecule has 1 aromatic heterocycles. The van der Waals surface area contributed by atoms with E-state index in [1.165, 1.54) is 6.20 Å². The first kappa shape index (κ1) is 16.4. The largest absolute Gasteiger partial charge is 0.379 e. The summed E-state index contributed by atoms with van der Waals surface area (Å²) >= 11 is 0. The monoisotopic (exact) mass is 317 g/mol. The van der Waals surface area contributed by atoms with E-state index in [1.54, 1.807) is 7.05 Å². The Bertz CT molecular complexity index is 539. The first-order valence-corrected chi connectivity index (χ1v) is 8.50. The second-order valence-corrected chi connectivity index (χ2v) is 6.84. The molecular weight excluding hydrogens is 294 g/mol. The molecule has 1 aliphatic rings. The van der Waals surface area contributed by atoms with Gasteiger partial charge >= 0.3 is 0 Å². The Morgan fingerprint density at radius 3 is 2.86 bits per heavy atom. The van der Waals surface area contributed by atoms with E-state index < -0.39 is 10.0 Å². The molecule has 0 amide bonds. The third-order valence-electron chi connectivity index (χ3n) is 3.31. The van der Waals surface area contributed by atoms with Crippen molar-refractivity contribution in [1.29, 1.82) is 0 Å². The molecule has 1 aliphatic heterocycles. The number of H-pyrrole nitrogens is 1. The Labute approximate surface area is 125 Å². The van der Waals surface area contributed by atoms with E-state index in [4.69, 9.17) is 4.74 Å². The topological polar surface area (TPSA) is 99.3 Å². The summed E-state index contributed by atoms with van der Waals surface area (Å²) in [6, 6.07) is -0.182. The van der Waals surface area contributed by atoms with Crippen LogP contribution in [0.1, 0.15) is 12.5 Å². The van der Waals surface area contributed by atoms with Crippen LogP contribution in [-0.4, -0.2) is 69.5 Å². The molecule has 3 N–H and O–H groups in total. The predicted molar refractivity (Wildman–Crippen MR) is 78.4 cm³/mol. The number of nitrogens with one attached hydrogen (secondary N) is 3. The molecule has 1 aromatic rings. The zero-order valence-corrected chi connectivity index (χ0v) is 13.2. The van der Waals surface area contributed by atoms with Crippen molar-refractivity contribution >= 4 is 10.0 Å². The van der Waals surface area contributed by atoms with Gasteiger partial charge in [0.1, 0.15) is 0 Å². The summed E-state index contributed by atoms with van der Waals surface area (Å²) in [5.74, 6) is 0. The molecule has 2 heterocycles. The number of aromatic amines is 1. The molecule has 2 rings (SSSR count). The molecule has 120 valence electrons. The lowest BCUT2D eigenvalue weighted by atomic mass is 10.3. The van der Waals surface area contributed by atoms with Crippen LogP contribution in [0.5, 0.6) is 0 Å². The van der Waals surface area contributed by atoms with Crippen LogP contribution in [0.2, 0.25) is 0 Å². The lowest BCUT2D eigenvalue weighted by Crippen LogP contribution is -2.46. The van der Waals surface area contributed by atoms with Gasteiger partial charge in [0.25, 0.3) is 10.0 Å². The maximum Gasteiger partial charge on any atom is 0.258 e. The molecule has 1 unspecified atom stereocenters. The summed E-state index contributed by atoms with van der Waals surface area (Å²) in [4.78, 5) is 2.19. The van der Waals surface area contributed by atoms with E-state index >= 15 is 0 Å². The molecule has 0 aromatic carbocycles. The number of ether oxygens (including phenoxy) is 1. The van der Waals surface area contributed by atoms with E-state index in [9.17, 15) is 8.42 Å². The van der Waals surface area contributed by atoms with Gasteiger partial charge in [0.15, 0.2) is 5.03 Å². The summed E-state index contributed by atoms with van der Waals surface area (Å²) in [5.41, 5.74) is 0.628. The highest BCUT2D eigenvalue weighted by Crippen LogP contribution is 2.12. The van der Waals surface area contributed by atoms with Crippen molar-refractivity contribution in [2.75, 3.05) is 39.9 Å². The molecule has 0 aliphatic carbocycles. The molecule has 1 saturated heterocycles. The maximum atomic E-state index is 12.4. The van der Waals surface area contributed by atoms with Crippen LogP contribution in [-0.2, 0) is 21.3 Å². The zero-order chi connectivity index (χ0) is 15.3. The molecule has 0 saturated carbocycles. The van der Waals surface area contributed by atoms with Crippen molar-refractivity contribution < 1.29 is 13.2 Å². The lowest BCUT2D eigenvalue weighted by molar-refractivity contribution is 0.0354. The van der Waals surface area contributed by atoms with Gasteiger partial charge in [0, 0.05) is 37.8 Å². The summed E-state index contributed by atoms with van der Waals surface area (Å²) in [7, 11) is -1.82. The normalized spacial score (nSPS) is 18.8. The minimum Gasteiger partial charge on any atom is -0.379 e. The van der Waals surface area contributed by atoms with Crippen molar-refractivity contribution in [2.24, 2.45) is 0 Å². The fraction of sp³-hybridized carbons (Fsp3) is 0.750. The molecular formula is C12H23N5O3S. The number of nitrogens with zero attached hydrogens (tertiary/aromatic N) is 2. The Kier molecular flexibility index (Phi) is 5.71. The Hall–Kier alpha value is -1.00. The van der Waals surface area contributed by atoms with Crippen LogP contribution in [0.4, 0.5) is 0 Å². The number of hydrogen-bond donors (Lipinski definition) is 3. The third-order valence-corrected chi connectivity index (χ3v) is 4.91. The minimum absolute atomic E-state index is 0.130. The Morgan fingerprint density at radius 1 is 1.48 bits per heavy atom. The highest BCUT2D eigenvalue weighted by atomic mass is 32.2. The lowest BCUT2D eigenvalue weighted by Gasteiger charge is -2.29. The number of sulfonamides is 1. The standard InChI is InChI=1S/C12H23N5O3S/c1-10(9-17-3-5-20-6-4-17)16-21(18,19)12-11(7-13-2)8-14-15-12/h8,10,13,16H,3-7,9H2,1-2H3,(H,14,15). The van der Waals surface area contributed by atoms with E-state index in [-0.39, 0.29) is 11.1 Å². The van der Waals surface area contributed by atoms with Gasteiger partial charge in [-0.2, -0.15) is 5.10 Å². The molecule has 1 atom stereocenters. The van der Waals surface area contributed by atoms with E-state index in [2.05, 4.69) is 25.1 Å². The van der Waals surface area contributed by atoms with Crippen LogP contribution in [0, 0.1) is 0 Å². The first-order chi connectivity index (χ1) is 10.0. The van der Waals surface area contributed by atoms with Gasteiger partial charge in [0.2, 0.25) is 0 Å². The molecule has 0 radical (unpaired) electrons. The highest BCUT2D eigenvalue weighted by Gasteiger charge is 2.24. The quantitative estimate of drug-likeness (QED) is 0.604. The fourth-order valence-corrected chi connectivity index (χ4v) is 3.75. The molecule has 0 spiro atoms. The van der Waals surface area contributed by atoms with Gasteiger partial charge in [-0.05, 0) is 14.0 Å². The summed E-state index contributed by atoms with van der Waals surface area (Å²) in [6.07, 6.45) is 1.53. The van der Waals surface area contributed by atoms with Gasteiger partial charge in [0.05, 0.1) is 19.4 Å². The van der Waals surface area contributed by atoms with E-state index in [0.29, 0.717) is 31.9 Å². The van der Waals surface area contributed by atoms with Crippen molar-refractivity contribution in [3.8, 4) is 0 Å². The van der Waals surface area contributed by atoms with Gasteiger partial charge in [-0.3, -0.25) is 10.00 Å². The summed E-state index contributed by atoms with van der Waals surface area (Å²) in [5, 5.41) is 9.44. The van der Waals surface area contributed by atoms with Crippen LogP contribution in [0.25, 0.3) is 0 Å². The molecule has 0 bridgehead atoms. The van der Waals surface area contributed by atoms with Gasteiger partial charge < -0.3 is 10.1 Å². The van der Waals surface area contributed by atoms with Crippen LogP contribution in [0.15, 0.2) is 11.2 Å². The van der Waals surface area contributed by atoms with Gasteiger partial charge in [-0.1, -0.05) is 0 Å². The minimum atomic E-state index is -3.59. The third kappa shape index (κ3) is 4.48. The molecule has 21 heavy (non-hydrogen) atoms. The van der Waals surface area contributed by atoms with Crippen molar-refractivity contribution in [3.63, 3.8) is 0 Å². The summed E-state index contributed by atoms with van der Waals surface area (Å²) < 4.78 is 32.8. The molecule has 9 heteroatoms. The van der Waals surface area contributed by atoms with Crippen LogP contribution < -0.4 is 10.0 Å². The average Bonchev–Trinajstić information content (AvgIpc) is 2.88. The van der Waals surface area contributed by atoms with Crippen LogP contribution in [0.3, 0.4) is 0 Å². The predicted octanol–water partition coefficient (Wildman–Crippen LogP) is -0.872. The van der Waals surface area contributed by atoms with Gasteiger partial charge in [-0.15, -0.1) is 0 Å². The first-order valence-electron chi connectivity index (χ1n) is 7.02. The van der Waals surface area contributed by atoms with Crippen molar-refractivity contribution in [1.82, 2.24) is 25.1 Å². The van der Waals surface area contributed by atoms with Crippen molar-refractivity contribution in [2.45, 2.75) is 24.5 Å². The van der Waals surface area contributed by atoms with Gasteiger partial charge in [-0.25, -0.2) is 13.1 Å². The zero-order valence-electron chi connectivity index (χ0n) is 12.4. The van der Waals surface area contributed by atoms with Crippen molar-refractivity contribution in [3.05, 3.63) is 11.8 Å². The van der Waals surface area contributed by atoms with E-state index in [0.717, 1.165) is 13.1 Å². The SMILES string of the molecule is CNCc1cn[nH]c1S(=O)(=O)NC(C)CN1CCOCC1. The summed E-state index contributed by atoms with van der Waals surface area (Å²) in [6.45, 7) is 6.05. The van der Waals surface area contributed by atoms with E-state index in [1.807, 2.05) is 6.92 Å². The maximum absolute atomic E-state index is 12.4. The smallest absolute Gasteiger partial charge is 0.258 e.